The summed E-state index contributed by atoms with van der Waals surface area (Å²) in [7, 11) is 0. The van der Waals surface area contributed by atoms with Gasteiger partial charge in [-0.05, 0) is 31.0 Å². The van der Waals surface area contributed by atoms with Crippen molar-refractivity contribution in [3.05, 3.63) is 50.4 Å². The minimum atomic E-state index is -0.0424. The highest BCUT2D eigenvalue weighted by atomic mass is 79.9. The van der Waals surface area contributed by atoms with E-state index < -0.39 is 0 Å². The van der Waals surface area contributed by atoms with Gasteiger partial charge in [0.15, 0.2) is 0 Å². The molecule has 0 N–H and O–H groups in total. The van der Waals surface area contributed by atoms with E-state index in [4.69, 9.17) is 11.6 Å². The normalized spacial score (nSPS) is 12.7. The van der Waals surface area contributed by atoms with E-state index in [-0.39, 0.29) is 5.38 Å². The van der Waals surface area contributed by atoms with Gasteiger partial charge in [0, 0.05) is 9.85 Å². The number of alkyl halides is 1. The lowest BCUT2D eigenvalue weighted by Gasteiger charge is -2.06. The molecule has 1 atom stereocenters. The molecule has 0 bridgehead atoms. The van der Waals surface area contributed by atoms with Gasteiger partial charge in [-0.25, -0.2) is 4.98 Å². The fourth-order valence-corrected chi connectivity index (χ4v) is 2.98. The lowest BCUT2D eigenvalue weighted by Crippen LogP contribution is -1.96. The molecule has 0 radical (unpaired) electrons. The first kappa shape index (κ1) is 12.1. The fourth-order valence-electron chi connectivity index (χ4n) is 1.50. The van der Waals surface area contributed by atoms with Crippen LogP contribution in [0.4, 0.5) is 0 Å². The SMILES string of the molecule is Cc1nc(C(Cl)Cc2cccc(Br)c2)cs1. The molecule has 1 unspecified atom stereocenters. The Kier molecular flexibility index (Phi) is 4.00. The quantitative estimate of drug-likeness (QED) is 0.746. The zero-order valence-electron chi connectivity index (χ0n) is 8.78. The van der Waals surface area contributed by atoms with E-state index in [2.05, 4.69) is 33.0 Å². The van der Waals surface area contributed by atoms with Crippen molar-refractivity contribution < 1.29 is 0 Å². The lowest BCUT2D eigenvalue weighted by atomic mass is 10.1. The third-order valence-corrected chi connectivity index (χ3v) is 3.92. The summed E-state index contributed by atoms with van der Waals surface area (Å²) >= 11 is 11.4. The molecule has 0 aliphatic rings. The van der Waals surface area contributed by atoms with Crippen LogP contribution < -0.4 is 0 Å². The van der Waals surface area contributed by atoms with Crippen LogP contribution in [0.1, 0.15) is 21.6 Å². The molecule has 0 amide bonds. The Bertz CT molecular complexity index is 483. The van der Waals surface area contributed by atoms with E-state index in [0.717, 1.165) is 21.6 Å². The van der Waals surface area contributed by atoms with Crippen molar-refractivity contribution in [2.24, 2.45) is 0 Å². The molecule has 0 fully saturated rings. The Morgan fingerprint density at radius 1 is 1.50 bits per heavy atom. The minimum Gasteiger partial charge on any atom is -0.245 e. The first-order chi connectivity index (χ1) is 7.65. The van der Waals surface area contributed by atoms with Crippen molar-refractivity contribution >= 4 is 38.9 Å². The van der Waals surface area contributed by atoms with Gasteiger partial charge in [-0.3, -0.25) is 0 Å². The largest absolute Gasteiger partial charge is 0.245 e. The average molecular weight is 317 g/mol. The van der Waals surface area contributed by atoms with Crippen LogP contribution in [-0.4, -0.2) is 4.98 Å². The molecule has 84 valence electrons. The fraction of sp³-hybridized carbons (Fsp3) is 0.250. The van der Waals surface area contributed by atoms with E-state index in [1.54, 1.807) is 11.3 Å². The molecule has 4 heteroatoms. The van der Waals surface area contributed by atoms with Crippen LogP contribution in [-0.2, 0) is 6.42 Å². The van der Waals surface area contributed by atoms with E-state index in [9.17, 15) is 0 Å². The molecule has 0 saturated carbocycles. The van der Waals surface area contributed by atoms with Crippen molar-refractivity contribution in [3.63, 3.8) is 0 Å². The third kappa shape index (κ3) is 3.06. The van der Waals surface area contributed by atoms with Gasteiger partial charge in [0.25, 0.3) is 0 Å². The van der Waals surface area contributed by atoms with Crippen LogP contribution >= 0.6 is 38.9 Å². The van der Waals surface area contributed by atoms with Crippen molar-refractivity contribution in [1.29, 1.82) is 0 Å². The van der Waals surface area contributed by atoms with Crippen molar-refractivity contribution in [2.75, 3.05) is 0 Å². The minimum absolute atomic E-state index is 0.0424. The molecule has 0 aliphatic carbocycles. The molecule has 1 heterocycles. The van der Waals surface area contributed by atoms with Gasteiger partial charge in [0.05, 0.1) is 16.1 Å². The number of aromatic nitrogens is 1. The summed E-state index contributed by atoms with van der Waals surface area (Å²) in [5.74, 6) is 0. The Morgan fingerprint density at radius 3 is 2.94 bits per heavy atom. The molecule has 2 aromatic rings. The molecule has 0 spiro atoms. The zero-order valence-corrected chi connectivity index (χ0v) is 11.9. The number of rotatable bonds is 3. The number of benzene rings is 1. The highest BCUT2D eigenvalue weighted by Crippen LogP contribution is 2.26. The highest BCUT2D eigenvalue weighted by molar-refractivity contribution is 9.10. The van der Waals surface area contributed by atoms with E-state index in [0.29, 0.717) is 0 Å². The van der Waals surface area contributed by atoms with Gasteiger partial charge in [0.2, 0.25) is 0 Å². The van der Waals surface area contributed by atoms with Crippen LogP contribution in [0.15, 0.2) is 34.1 Å². The van der Waals surface area contributed by atoms with Crippen LogP contribution in [0.5, 0.6) is 0 Å². The van der Waals surface area contributed by atoms with Gasteiger partial charge in [0.1, 0.15) is 0 Å². The molecule has 1 nitrogen and oxygen atoms in total. The summed E-state index contributed by atoms with van der Waals surface area (Å²) in [4.78, 5) is 4.40. The highest BCUT2D eigenvalue weighted by Gasteiger charge is 2.12. The van der Waals surface area contributed by atoms with E-state index in [1.807, 2.05) is 24.4 Å². The lowest BCUT2D eigenvalue weighted by molar-refractivity contribution is 0.882. The summed E-state index contributed by atoms with van der Waals surface area (Å²) in [6.07, 6.45) is 0.810. The van der Waals surface area contributed by atoms with Gasteiger partial charge >= 0.3 is 0 Å². The number of aryl methyl sites for hydroxylation is 1. The summed E-state index contributed by atoms with van der Waals surface area (Å²) in [6, 6.07) is 8.21. The van der Waals surface area contributed by atoms with Gasteiger partial charge in [-0.15, -0.1) is 22.9 Å². The summed E-state index contributed by atoms with van der Waals surface area (Å²) < 4.78 is 1.09. The predicted molar refractivity (Wildman–Crippen MR) is 73.3 cm³/mol. The van der Waals surface area contributed by atoms with Crippen molar-refractivity contribution in [3.8, 4) is 0 Å². The first-order valence-electron chi connectivity index (χ1n) is 4.95. The molecular formula is C12H11BrClNS. The Labute approximate surface area is 113 Å². The van der Waals surface area contributed by atoms with Crippen LogP contribution in [0.2, 0.25) is 0 Å². The van der Waals surface area contributed by atoms with Crippen molar-refractivity contribution in [2.45, 2.75) is 18.7 Å². The van der Waals surface area contributed by atoms with Gasteiger partial charge in [-0.2, -0.15) is 0 Å². The van der Waals surface area contributed by atoms with Crippen molar-refractivity contribution in [1.82, 2.24) is 4.98 Å². The smallest absolute Gasteiger partial charge is 0.0897 e. The van der Waals surface area contributed by atoms with Crippen LogP contribution in [0, 0.1) is 6.92 Å². The maximum absolute atomic E-state index is 6.34. The van der Waals surface area contributed by atoms with Crippen LogP contribution in [0.25, 0.3) is 0 Å². The topological polar surface area (TPSA) is 12.9 Å². The standard InChI is InChI=1S/C12H11BrClNS/c1-8-15-12(7-16-8)11(14)6-9-3-2-4-10(13)5-9/h2-5,7,11H,6H2,1H3. The molecular weight excluding hydrogens is 306 g/mol. The molecule has 0 aliphatic heterocycles. The number of hydrogen-bond acceptors (Lipinski definition) is 2. The molecule has 1 aromatic carbocycles. The second-order valence-corrected chi connectivity index (χ2v) is 6.10. The predicted octanol–water partition coefficient (Wildman–Crippen LogP) is 4.74. The summed E-state index contributed by atoms with van der Waals surface area (Å²) in [5.41, 5.74) is 2.20. The number of halogens is 2. The maximum Gasteiger partial charge on any atom is 0.0897 e. The van der Waals surface area contributed by atoms with E-state index in [1.165, 1.54) is 5.56 Å². The maximum atomic E-state index is 6.34. The Morgan fingerprint density at radius 2 is 2.31 bits per heavy atom. The third-order valence-electron chi connectivity index (χ3n) is 2.26. The summed E-state index contributed by atoms with van der Waals surface area (Å²) in [5, 5.41) is 3.06. The number of hydrogen-bond donors (Lipinski definition) is 0. The zero-order chi connectivity index (χ0) is 11.5. The molecule has 1 aromatic heterocycles. The summed E-state index contributed by atoms with van der Waals surface area (Å²) in [6.45, 7) is 2.00. The monoisotopic (exact) mass is 315 g/mol. The second kappa shape index (κ2) is 5.30. The average Bonchev–Trinajstić information content (AvgIpc) is 2.65. The first-order valence-corrected chi connectivity index (χ1v) is 7.06. The molecule has 0 saturated heterocycles. The van der Waals surface area contributed by atoms with Gasteiger partial charge in [-0.1, -0.05) is 28.1 Å². The van der Waals surface area contributed by atoms with Gasteiger partial charge < -0.3 is 0 Å². The van der Waals surface area contributed by atoms with E-state index >= 15 is 0 Å². The Hall–Kier alpha value is -0.380. The Balaban J connectivity index is 2.10. The number of thiazole rings is 1. The second-order valence-electron chi connectivity index (χ2n) is 3.59. The van der Waals surface area contributed by atoms with Crippen LogP contribution in [0.3, 0.4) is 0 Å². The molecule has 16 heavy (non-hydrogen) atoms. The number of nitrogens with zero attached hydrogens (tertiary/aromatic N) is 1. The molecule has 2 rings (SSSR count).